The molecule has 0 spiro atoms. The Kier molecular flexibility index (Phi) is 4.61. The fourth-order valence-corrected chi connectivity index (χ4v) is 5.36. The van der Waals surface area contributed by atoms with Crippen molar-refractivity contribution in [1.29, 1.82) is 0 Å². The summed E-state index contributed by atoms with van der Waals surface area (Å²) in [5.41, 5.74) is 2.04. The highest BCUT2D eigenvalue weighted by Gasteiger charge is 2.30. The zero-order valence-corrected chi connectivity index (χ0v) is 17.2. The first-order valence-corrected chi connectivity index (χ1v) is 11.1. The number of halogens is 2. The van der Waals surface area contributed by atoms with Crippen molar-refractivity contribution in [2.75, 3.05) is 31.1 Å². The highest BCUT2D eigenvalue weighted by atomic mass is 35.5. The Morgan fingerprint density at radius 3 is 2.57 bits per heavy atom. The average Bonchev–Trinajstić information content (AvgIpc) is 3.14. The van der Waals surface area contributed by atoms with Crippen LogP contribution in [0, 0.1) is 5.82 Å². The number of hydrogen-bond acceptors (Lipinski definition) is 6. The standard InChI is InChI=1S/C20H16ClFN4O3S/c21-15-11-13(5-6-16(15)22)30(27,28)26-9-7-25(8-10-26)20-19-18(23-12-24-20)14-3-1-2-4-17(14)29-19/h1-6,11-12H,7-10H2. The van der Waals surface area contributed by atoms with E-state index < -0.39 is 15.8 Å². The average molecular weight is 447 g/mol. The summed E-state index contributed by atoms with van der Waals surface area (Å²) in [6.45, 7) is 1.36. The number of anilines is 1. The summed E-state index contributed by atoms with van der Waals surface area (Å²) < 4.78 is 46.6. The van der Waals surface area contributed by atoms with Gasteiger partial charge < -0.3 is 9.32 Å². The molecule has 3 heterocycles. The number of aromatic nitrogens is 2. The van der Waals surface area contributed by atoms with Crippen LogP contribution < -0.4 is 4.90 Å². The van der Waals surface area contributed by atoms with Crippen LogP contribution in [0.5, 0.6) is 0 Å². The molecule has 0 atom stereocenters. The molecule has 1 aliphatic rings. The highest BCUT2D eigenvalue weighted by Crippen LogP contribution is 2.33. The van der Waals surface area contributed by atoms with E-state index in [2.05, 4.69) is 9.97 Å². The number of nitrogens with zero attached hydrogens (tertiary/aromatic N) is 4. The molecule has 2 aromatic carbocycles. The van der Waals surface area contributed by atoms with E-state index in [1.54, 1.807) is 0 Å². The van der Waals surface area contributed by atoms with Gasteiger partial charge in [-0.3, -0.25) is 0 Å². The van der Waals surface area contributed by atoms with Gasteiger partial charge in [-0.15, -0.1) is 0 Å². The highest BCUT2D eigenvalue weighted by molar-refractivity contribution is 7.89. The minimum absolute atomic E-state index is 0.0240. The smallest absolute Gasteiger partial charge is 0.243 e. The summed E-state index contributed by atoms with van der Waals surface area (Å²) in [6.07, 6.45) is 1.49. The van der Waals surface area contributed by atoms with Crippen LogP contribution in [0.2, 0.25) is 5.02 Å². The quantitative estimate of drug-likeness (QED) is 0.477. The van der Waals surface area contributed by atoms with E-state index in [1.807, 2.05) is 29.2 Å². The Morgan fingerprint density at radius 1 is 1.03 bits per heavy atom. The molecule has 1 fully saturated rings. The predicted molar refractivity (Wildman–Crippen MR) is 112 cm³/mol. The topological polar surface area (TPSA) is 79.5 Å². The first-order chi connectivity index (χ1) is 14.4. The molecular weight excluding hydrogens is 431 g/mol. The van der Waals surface area contributed by atoms with Gasteiger partial charge in [0.05, 0.1) is 9.92 Å². The molecule has 0 saturated carbocycles. The Morgan fingerprint density at radius 2 is 1.80 bits per heavy atom. The lowest BCUT2D eigenvalue weighted by Gasteiger charge is -2.34. The van der Waals surface area contributed by atoms with Crippen LogP contribution in [0.25, 0.3) is 22.1 Å². The monoisotopic (exact) mass is 446 g/mol. The minimum atomic E-state index is -3.77. The molecule has 0 N–H and O–H groups in total. The summed E-state index contributed by atoms with van der Waals surface area (Å²) >= 11 is 5.76. The third-order valence-corrected chi connectivity index (χ3v) is 7.39. The largest absolute Gasteiger partial charge is 0.450 e. The molecule has 10 heteroatoms. The fraction of sp³-hybridized carbons (Fsp3) is 0.200. The molecule has 5 rings (SSSR count). The summed E-state index contributed by atoms with van der Waals surface area (Å²) in [5.74, 6) is -0.0166. The summed E-state index contributed by atoms with van der Waals surface area (Å²) in [7, 11) is -3.77. The van der Waals surface area contributed by atoms with Gasteiger partial charge in [-0.25, -0.2) is 22.8 Å². The second kappa shape index (κ2) is 7.19. The molecule has 154 valence electrons. The first-order valence-electron chi connectivity index (χ1n) is 9.27. The Hall–Kier alpha value is -2.75. The van der Waals surface area contributed by atoms with Crippen molar-refractivity contribution < 1.29 is 17.2 Å². The van der Waals surface area contributed by atoms with Crippen molar-refractivity contribution in [1.82, 2.24) is 14.3 Å². The fourth-order valence-electron chi connectivity index (χ4n) is 3.66. The molecule has 1 aliphatic heterocycles. The van der Waals surface area contributed by atoms with Gasteiger partial charge in [0.1, 0.15) is 23.2 Å². The van der Waals surface area contributed by atoms with Gasteiger partial charge in [-0.1, -0.05) is 23.7 Å². The molecule has 4 aromatic rings. The summed E-state index contributed by atoms with van der Waals surface area (Å²) in [6, 6.07) is 11.1. The van der Waals surface area contributed by atoms with Crippen molar-refractivity contribution in [3.05, 3.63) is 59.6 Å². The van der Waals surface area contributed by atoms with Crippen molar-refractivity contribution in [3.63, 3.8) is 0 Å². The number of para-hydroxylation sites is 1. The minimum Gasteiger partial charge on any atom is -0.450 e. The molecule has 30 heavy (non-hydrogen) atoms. The van der Waals surface area contributed by atoms with E-state index in [-0.39, 0.29) is 23.0 Å². The van der Waals surface area contributed by atoms with E-state index in [0.717, 1.165) is 28.6 Å². The zero-order chi connectivity index (χ0) is 20.9. The molecule has 0 amide bonds. The number of rotatable bonds is 3. The number of hydrogen-bond donors (Lipinski definition) is 0. The second-order valence-electron chi connectivity index (χ2n) is 6.94. The maximum atomic E-state index is 13.4. The lowest BCUT2D eigenvalue weighted by atomic mass is 10.2. The van der Waals surface area contributed by atoms with Crippen LogP contribution in [-0.4, -0.2) is 48.9 Å². The lowest BCUT2D eigenvalue weighted by Crippen LogP contribution is -2.49. The van der Waals surface area contributed by atoms with E-state index in [0.29, 0.717) is 24.5 Å². The summed E-state index contributed by atoms with van der Waals surface area (Å²) in [4.78, 5) is 10.7. The van der Waals surface area contributed by atoms with Crippen LogP contribution in [-0.2, 0) is 10.0 Å². The Balaban J connectivity index is 1.41. The van der Waals surface area contributed by atoms with Crippen molar-refractivity contribution in [2.45, 2.75) is 4.90 Å². The van der Waals surface area contributed by atoms with Crippen LogP contribution in [0.3, 0.4) is 0 Å². The Labute approximate surface area is 176 Å². The molecule has 0 unspecified atom stereocenters. The molecule has 1 saturated heterocycles. The third kappa shape index (κ3) is 3.10. The molecule has 0 aliphatic carbocycles. The molecule has 0 radical (unpaired) electrons. The van der Waals surface area contributed by atoms with Gasteiger partial charge in [0.2, 0.25) is 10.0 Å². The van der Waals surface area contributed by atoms with Gasteiger partial charge in [0.25, 0.3) is 0 Å². The number of benzene rings is 2. The van der Waals surface area contributed by atoms with Crippen molar-refractivity contribution in [2.24, 2.45) is 0 Å². The Bertz CT molecular complexity index is 1370. The molecule has 0 bridgehead atoms. The van der Waals surface area contributed by atoms with Gasteiger partial charge >= 0.3 is 0 Å². The van der Waals surface area contributed by atoms with Crippen LogP contribution in [0.15, 0.2) is 58.1 Å². The number of piperazine rings is 1. The normalized spacial score (nSPS) is 15.9. The van der Waals surface area contributed by atoms with Crippen LogP contribution in [0.1, 0.15) is 0 Å². The van der Waals surface area contributed by atoms with Crippen molar-refractivity contribution in [3.8, 4) is 0 Å². The number of sulfonamides is 1. The maximum Gasteiger partial charge on any atom is 0.243 e. The molecular formula is C20H16ClFN4O3S. The van der Waals surface area contributed by atoms with E-state index in [9.17, 15) is 12.8 Å². The SMILES string of the molecule is O=S(=O)(c1ccc(F)c(Cl)c1)N1CCN(c2ncnc3c2oc2ccccc23)CC1. The van der Waals surface area contributed by atoms with Gasteiger partial charge in [0, 0.05) is 31.6 Å². The number of fused-ring (bicyclic) bond motifs is 3. The first kappa shape index (κ1) is 19.2. The summed E-state index contributed by atoms with van der Waals surface area (Å²) in [5, 5.41) is 0.688. The van der Waals surface area contributed by atoms with E-state index in [1.165, 1.54) is 16.7 Å². The van der Waals surface area contributed by atoms with E-state index >= 15 is 0 Å². The van der Waals surface area contributed by atoms with Gasteiger partial charge in [0.15, 0.2) is 11.4 Å². The van der Waals surface area contributed by atoms with Gasteiger partial charge in [-0.2, -0.15) is 4.31 Å². The second-order valence-corrected chi connectivity index (χ2v) is 9.29. The van der Waals surface area contributed by atoms with Crippen LogP contribution >= 0.6 is 11.6 Å². The molecule has 7 nitrogen and oxygen atoms in total. The van der Waals surface area contributed by atoms with Crippen LogP contribution in [0.4, 0.5) is 10.2 Å². The van der Waals surface area contributed by atoms with Crippen molar-refractivity contribution >= 4 is 49.5 Å². The van der Waals surface area contributed by atoms with E-state index in [4.69, 9.17) is 16.0 Å². The lowest BCUT2D eigenvalue weighted by molar-refractivity contribution is 0.383. The third-order valence-electron chi connectivity index (χ3n) is 5.21. The van der Waals surface area contributed by atoms with Gasteiger partial charge in [-0.05, 0) is 30.3 Å². The zero-order valence-electron chi connectivity index (χ0n) is 15.6. The predicted octanol–water partition coefficient (Wildman–Crippen LogP) is 3.68. The molecule has 2 aromatic heterocycles. The number of furan rings is 1. The maximum absolute atomic E-state index is 13.4.